The second-order valence-electron chi connectivity index (χ2n) is 0. The van der Waals surface area contributed by atoms with Crippen LogP contribution in [0.1, 0.15) is 0 Å². The molecule has 0 atom stereocenters. The van der Waals surface area contributed by atoms with Gasteiger partial charge in [0.05, 0.1) is 0 Å². The van der Waals surface area contributed by atoms with Crippen LogP contribution >= 0.6 is 0 Å². The zero-order valence-corrected chi connectivity index (χ0v) is 13.3. The Hall–Kier alpha value is 2.67. The van der Waals surface area contributed by atoms with Gasteiger partial charge in [0.25, 0.3) is 0 Å². The molecule has 0 rings (SSSR count). The van der Waals surface area contributed by atoms with Crippen LogP contribution in [0, 0.1) is 23.7 Å². The molecule has 0 aliphatic carbocycles. The van der Waals surface area contributed by atoms with E-state index < -0.39 is 0 Å². The third kappa shape index (κ3) is 30.1. The predicted molar refractivity (Wildman–Crippen MR) is 9.94 cm³/mol. The van der Waals surface area contributed by atoms with Crippen LogP contribution in [0.3, 0.4) is 0 Å². The van der Waals surface area contributed by atoms with Gasteiger partial charge in [-0.25, -0.2) is 0 Å². The second-order valence-corrected chi connectivity index (χ2v) is 0. The van der Waals surface area contributed by atoms with Gasteiger partial charge < -0.3 is 23.7 Å². The van der Waals surface area contributed by atoms with E-state index in [-0.39, 0.29) is 120 Å². The van der Waals surface area contributed by atoms with Gasteiger partial charge in [-0.1, -0.05) is 0 Å². The minimum Gasteiger partial charge on any atom is -0.512 e. The van der Waals surface area contributed by atoms with Gasteiger partial charge in [-0.15, -0.1) is 0 Å². The number of hydrogen-bond acceptors (Lipinski definition) is 2. The first kappa shape index (κ1) is 23.4. The minimum absolute atomic E-state index is 0. The SMILES string of the molecule is [C-]#N.[C-]#N.[Cs+].[K+]. The van der Waals surface area contributed by atoms with Crippen molar-refractivity contribution in [2.45, 2.75) is 0 Å². The van der Waals surface area contributed by atoms with Gasteiger partial charge in [-0.3, -0.25) is 0 Å². The minimum atomic E-state index is 0. The monoisotopic (exact) mass is 224 g/mol. The summed E-state index contributed by atoms with van der Waals surface area (Å²) in [7, 11) is 0. The standard InChI is InChI=1S/2CN.Cs.K/c2*1-2;;/q2*-1;2*+1. The van der Waals surface area contributed by atoms with Gasteiger partial charge >= 0.3 is 120 Å². The molecule has 0 heterocycles. The van der Waals surface area contributed by atoms with E-state index in [2.05, 4.69) is 0 Å². The summed E-state index contributed by atoms with van der Waals surface area (Å²) >= 11 is 0. The number of nitrogens with zero attached hydrogens (tertiary/aromatic N) is 2. The van der Waals surface area contributed by atoms with Gasteiger partial charge in [0, 0.05) is 0 Å². The Bertz CT molecular complexity index is 27.0. The van der Waals surface area contributed by atoms with Crippen LogP contribution in [0.5, 0.6) is 0 Å². The van der Waals surface area contributed by atoms with Crippen LogP contribution in [-0.4, -0.2) is 0 Å². The van der Waals surface area contributed by atoms with Crippen molar-refractivity contribution in [1.82, 2.24) is 0 Å². The van der Waals surface area contributed by atoms with Crippen LogP contribution < -0.4 is 120 Å². The maximum atomic E-state index is 6.25. The van der Waals surface area contributed by atoms with Gasteiger partial charge in [0.1, 0.15) is 0 Å². The Morgan fingerprint density at radius 3 is 0.833 bits per heavy atom. The molecule has 0 aromatic carbocycles. The third-order valence-corrected chi connectivity index (χ3v) is 0. The second kappa shape index (κ2) is 47.9. The summed E-state index contributed by atoms with van der Waals surface area (Å²) < 4.78 is 0. The van der Waals surface area contributed by atoms with Crippen molar-refractivity contribution < 1.29 is 120 Å². The maximum absolute atomic E-state index is 6.25. The van der Waals surface area contributed by atoms with Gasteiger partial charge in [-0.05, 0) is 0 Å². The van der Waals surface area contributed by atoms with Crippen LogP contribution in [-0.2, 0) is 0 Å². The molecule has 0 spiro atoms. The normalized spacial score (nSPS) is 0.667. The summed E-state index contributed by atoms with van der Waals surface area (Å²) in [5, 5.41) is 12.5. The van der Waals surface area contributed by atoms with E-state index in [9.17, 15) is 0 Å². The van der Waals surface area contributed by atoms with Crippen molar-refractivity contribution in [3.63, 3.8) is 0 Å². The molecule has 0 bridgehead atoms. The molecule has 6 heavy (non-hydrogen) atoms. The largest absolute Gasteiger partial charge is 1.00 e. The first-order valence-electron chi connectivity index (χ1n) is 0.447. The maximum Gasteiger partial charge on any atom is 1.00 e. The van der Waals surface area contributed by atoms with Crippen molar-refractivity contribution >= 4 is 0 Å². The third-order valence-electron chi connectivity index (χ3n) is 0. The average molecular weight is 224 g/mol. The first-order valence-corrected chi connectivity index (χ1v) is 0.447. The van der Waals surface area contributed by atoms with E-state index in [0.717, 1.165) is 0 Å². The molecule has 0 radical (unpaired) electrons. The Morgan fingerprint density at radius 1 is 0.833 bits per heavy atom. The summed E-state index contributed by atoms with van der Waals surface area (Å²) in [5.41, 5.74) is 0. The van der Waals surface area contributed by atoms with Crippen molar-refractivity contribution in [2.75, 3.05) is 0 Å². The topological polar surface area (TPSA) is 47.6 Å². The molecule has 0 aromatic rings. The smallest absolute Gasteiger partial charge is 0.512 e. The molecule has 0 amide bonds. The zero-order chi connectivity index (χ0) is 4.00. The van der Waals surface area contributed by atoms with Crippen LogP contribution in [0.2, 0.25) is 0 Å². The summed E-state index contributed by atoms with van der Waals surface area (Å²) in [4.78, 5) is 0. The molecule has 0 N–H and O–H groups in total. The Labute approximate surface area is 139 Å². The zero-order valence-electron chi connectivity index (χ0n) is 3.89. The van der Waals surface area contributed by atoms with Crippen LogP contribution in [0.25, 0.3) is 0 Å². The molecule has 2 nitrogen and oxygen atoms in total. The van der Waals surface area contributed by atoms with Gasteiger partial charge in [0.15, 0.2) is 0 Å². The molecule has 0 unspecified atom stereocenters. The molecule has 0 fully saturated rings. The Morgan fingerprint density at radius 2 is 0.833 bits per heavy atom. The fraction of sp³-hybridized carbons (Fsp3) is 0. The van der Waals surface area contributed by atoms with Crippen molar-refractivity contribution in [1.29, 1.82) is 10.5 Å². The molecular weight excluding hydrogens is 224 g/mol. The fourth-order valence-electron chi connectivity index (χ4n) is 0. The van der Waals surface area contributed by atoms with Gasteiger partial charge in [-0.2, -0.15) is 0 Å². The molecule has 0 aliphatic rings. The number of hydrogen-bond donors (Lipinski definition) is 0. The van der Waals surface area contributed by atoms with Crippen molar-refractivity contribution in [3.05, 3.63) is 13.1 Å². The Balaban J connectivity index is -0.00000000500. The van der Waals surface area contributed by atoms with Crippen LogP contribution in [0.4, 0.5) is 0 Å². The van der Waals surface area contributed by atoms with E-state index in [0.29, 0.717) is 0 Å². The summed E-state index contributed by atoms with van der Waals surface area (Å²) in [6, 6.07) is 0. The summed E-state index contributed by atoms with van der Waals surface area (Å²) in [5.74, 6) is 0. The number of rotatable bonds is 0. The molecule has 0 saturated heterocycles. The quantitative estimate of drug-likeness (QED) is 0.304. The van der Waals surface area contributed by atoms with E-state index in [4.69, 9.17) is 23.7 Å². The molecule has 0 aliphatic heterocycles. The first-order chi connectivity index (χ1) is 2.00. The van der Waals surface area contributed by atoms with Crippen molar-refractivity contribution in [3.8, 4) is 0 Å². The van der Waals surface area contributed by atoms with Crippen LogP contribution in [0.15, 0.2) is 0 Å². The molecule has 0 aromatic heterocycles. The summed E-state index contributed by atoms with van der Waals surface area (Å²) in [6.07, 6.45) is 0. The summed E-state index contributed by atoms with van der Waals surface area (Å²) in [6.45, 7) is 9.50. The van der Waals surface area contributed by atoms with Gasteiger partial charge in [0.2, 0.25) is 0 Å². The van der Waals surface area contributed by atoms with Crippen molar-refractivity contribution in [2.24, 2.45) is 0 Å². The molecular formula is C2CsKN2. The molecule has 0 saturated carbocycles. The Kier molecular flexibility index (Phi) is 187. The van der Waals surface area contributed by atoms with E-state index in [1.165, 1.54) is 0 Å². The molecule has 4 heteroatoms. The van der Waals surface area contributed by atoms with E-state index in [1.807, 2.05) is 0 Å². The fourth-order valence-corrected chi connectivity index (χ4v) is 0. The van der Waals surface area contributed by atoms with E-state index in [1.54, 1.807) is 0 Å². The van der Waals surface area contributed by atoms with E-state index >= 15 is 0 Å². The predicted octanol–water partition coefficient (Wildman–Crippen LogP) is -5.80. The molecule has 20 valence electrons. The average Bonchev–Trinajstić information content (AvgIpc) is 1.50.